The van der Waals surface area contributed by atoms with Crippen LogP contribution < -0.4 is 0 Å². The van der Waals surface area contributed by atoms with Crippen LogP contribution in [0.2, 0.25) is 0 Å². The second-order valence-electron chi connectivity index (χ2n) is 3.78. The maximum atomic E-state index is 8.71. The van der Waals surface area contributed by atoms with Gasteiger partial charge in [-0.25, -0.2) is 0 Å². The molecule has 2 rings (SSSR count). The molecule has 1 N–H and O–H groups in total. The summed E-state index contributed by atoms with van der Waals surface area (Å²) in [6, 6.07) is 8.64. The Kier molecular flexibility index (Phi) is 2.73. The first-order valence-corrected chi connectivity index (χ1v) is 5.31. The highest BCUT2D eigenvalue weighted by atomic mass is 14.7. The van der Waals surface area contributed by atoms with Crippen LogP contribution in [-0.4, -0.2) is 4.98 Å². The SMILES string of the molecule is CCCc1ccc2[nH]cc(CC#N)c2c1. The zero-order chi connectivity index (χ0) is 10.7. The van der Waals surface area contributed by atoms with Crippen LogP contribution >= 0.6 is 0 Å². The maximum absolute atomic E-state index is 8.71. The average Bonchev–Trinajstić information content (AvgIpc) is 2.63. The standard InChI is InChI=1S/C13H14N2/c1-2-3-10-4-5-13-12(8-10)11(6-7-14)9-15-13/h4-5,8-9,15H,2-3,6H2,1H3. The molecule has 0 aliphatic carbocycles. The molecule has 0 aliphatic heterocycles. The predicted molar refractivity (Wildman–Crippen MR) is 61.6 cm³/mol. The third-order valence-corrected chi connectivity index (χ3v) is 2.64. The molecular weight excluding hydrogens is 184 g/mol. The first-order chi connectivity index (χ1) is 7.35. The number of benzene rings is 1. The van der Waals surface area contributed by atoms with Crippen molar-refractivity contribution < 1.29 is 0 Å². The fraction of sp³-hybridized carbons (Fsp3) is 0.308. The third-order valence-electron chi connectivity index (χ3n) is 2.64. The van der Waals surface area contributed by atoms with Crippen molar-refractivity contribution in [1.82, 2.24) is 4.98 Å². The van der Waals surface area contributed by atoms with Gasteiger partial charge in [-0.1, -0.05) is 19.4 Å². The summed E-state index contributed by atoms with van der Waals surface area (Å²) in [5.41, 5.74) is 3.58. The van der Waals surface area contributed by atoms with Gasteiger partial charge in [-0.3, -0.25) is 0 Å². The molecule has 1 aromatic heterocycles. The number of nitrogens with zero attached hydrogens (tertiary/aromatic N) is 1. The summed E-state index contributed by atoms with van der Waals surface area (Å²) in [5.74, 6) is 0. The molecule has 76 valence electrons. The molecule has 0 spiro atoms. The monoisotopic (exact) mass is 198 g/mol. The first-order valence-electron chi connectivity index (χ1n) is 5.31. The number of nitriles is 1. The smallest absolute Gasteiger partial charge is 0.0670 e. The van der Waals surface area contributed by atoms with Gasteiger partial charge in [0.2, 0.25) is 0 Å². The predicted octanol–water partition coefficient (Wildman–Crippen LogP) is 3.19. The molecule has 0 radical (unpaired) electrons. The summed E-state index contributed by atoms with van der Waals surface area (Å²) < 4.78 is 0. The van der Waals surface area contributed by atoms with E-state index in [9.17, 15) is 0 Å². The summed E-state index contributed by atoms with van der Waals surface area (Å²) in [5, 5.41) is 9.90. The first kappa shape index (κ1) is 9.79. The quantitative estimate of drug-likeness (QED) is 0.808. The van der Waals surface area contributed by atoms with Crippen molar-refractivity contribution in [2.45, 2.75) is 26.2 Å². The number of hydrogen-bond acceptors (Lipinski definition) is 1. The van der Waals surface area contributed by atoms with Gasteiger partial charge in [0.15, 0.2) is 0 Å². The summed E-state index contributed by atoms with van der Waals surface area (Å²) in [7, 11) is 0. The molecule has 0 saturated carbocycles. The van der Waals surface area contributed by atoms with Crippen molar-refractivity contribution in [3.63, 3.8) is 0 Å². The fourth-order valence-electron chi connectivity index (χ4n) is 1.90. The Morgan fingerprint density at radius 1 is 1.40 bits per heavy atom. The number of nitrogens with one attached hydrogen (secondary N) is 1. The Labute approximate surface area is 89.5 Å². The number of H-pyrrole nitrogens is 1. The third kappa shape index (κ3) is 1.87. The summed E-state index contributed by atoms with van der Waals surface area (Å²) >= 11 is 0. The Morgan fingerprint density at radius 2 is 2.27 bits per heavy atom. The van der Waals surface area contributed by atoms with Gasteiger partial charge >= 0.3 is 0 Å². The van der Waals surface area contributed by atoms with Crippen LogP contribution in [0.4, 0.5) is 0 Å². The number of aromatic amines is 1. The van der Waals surface area contributed by atoms with Crippen LogP contribution in [0.3, 0.4) is 0 Å². The second-order valence-corrected chi connectivity index (χ2v) is 3.78. The van der Waals surface area contributed by atoms with Gasteiger partial charge in [0.05, 0.1) is 12.5 Å². The molecule has 1 aromatic carbocycles. The number of aromatic nitrogens is 1. The van der Waals surface area contributed by atoms with E-state index in [1.165, 1.54) is 10.9 Å². The van der Waals surface area contributed by atoms with Gasteiger partial charge < -0.3 is 4.98 Å². The van der Waals surface area contributed by atoms with E-state index in [-0.39, 0.29) is 0 Å². The van der Waals surface area contributed by atoms with E-state index in [0.29, 0.717) is 6.42 Å². The van der Waals surface area contributed by atoms with Crippen LogP contribution in [0.15, 0.2) is 24.4 Å². The van der Waals surface area contributed by atoms with Gasteiger partial charge in [0, 0.05) is 17.1 Å². The van der Waals surface area contributed by atoms with E-state index in [1.807, 2.05) is 6.20 Å². The van der Waals surface area contributed by atoms with Crippen molar-refractivity contribution in [3.8, 4) is 6.07 Å². The van der Waals surface area contributed by atoms with Crippen molar-refractivity contribution in [3.05, 3.63) is 35.5 Å². The lowest BCUT2D eigenvalue weighted by Crippen LogP contribution is -1.83. The molecule has 0 aliphatic rings. The summed E-state index contributed by atoms with van der Waals surface area (Å²) in [6.45, 7) is 2.18. The van der Waals surface area contributed by atoms with Gasteiger partial charge in [-0.2, -0.15) is 5.26 Å². The molecule has 1 heterocycles. The molecule has 2 heteroatoms. The van der Waals surface area contributed by atoms with Gasteiger partial charge in [-0.05, 0) is 29.7 Å². The van der Waals surface area contributed by atoms with E-state index in [4.69, 9.17) is 5.26 Å². The van der Waals surface area contributed by atoms with E-state index >= 15 is 0 Å². The molecule has 0 fully saturated rings. The molecule has 2 nitrogen and oxygen atoms in total. The van der Waals surface area contributed by atoms with E-state index in [0.717, 1.165) is 23.9 Å². The largest absolute Gasteiger partial charge is 0.361 e. The van der Waals surface area contributed by atoms with Gasteiger partial charge in [-0.15, -0.1) is 0 Å². The Balaban J connectivity index is 2.47. The van der Waals surface area contributed by atoms with Crippen molar-refractivity contribution >= 4 is 10.9 Å². The van der Waals surface area contributed by atoms with Crippen molar-refractivity contribution in [2.75, 3.05) is 0 Å². The average molecular weight is 198 g/mol. The molecule has 0 amide bonds. The second kappa shape index (κ2) is 4.18. The number of aryl methyl sites for hydroxylation is 1. The maximum Gasteiger partial charge on any atom is 0.0670 e. The Hall–Kier alpha value is -1.75. The minimum absolute atomic E-state index is 0.482. The number of fused-ring (bicyclic) bond motifs is 1. The van der Waals surface area contributed by atoms with Gasteiger partial charge in [0.1, 0.15) is 0 Å². The van der Waals surface area contributed by atoms with Crippen LogP contribution in [0.1, 0.15) is 24.5 Å². The number of rotatable bonds is 3. The molecule has 0 atom stereocenters. The summed E-state index contributed by atoms with van der Waals surface area (Å²) in [6.07, 6.45) is 4.68. The Bertz CT molecular complexity index is 503. The van der Waals surface area contributed by atoms with Crippen LogP contribution in [-0.2, 0) is 12.8 Å². The lowest BCUT2D eigenvalue weighted by molar-refractivity contribution is 0.923. The molecule has 2 aromatic rings. The van der Waals surface area contributed by atoms with Crippen molar-refractivity contribution in [2.24, 2.45) is 0 Å². The molecule has 0 unspecified atom stereocenters. The van der Waals surface area contributed by atoms with Crippen molar-refractivity contribution in [1.29, 1.82) is 5.26 Å². The van der Waals surface area contributed by atoms with Crippen LogP contribution in [0.5, 0.6) is 0 Å². The van der Waals surface area contributed by atoms with Crippen LogP contribution in [0.25, 0.3) is 10.9 Å². The lowest BCUT2D eigenvalue weighted by Gasteiger charge is -1.99. The van der Waals surface area contributed by atoms with E-state index in [1.54, 1.807) is 0 Å². The highest BCUT2D eigenvalue weighted by Gasteiger charge is 2.03. The van der Waals surface area contributed by atoms with E-state index in [2.05, 4.69) is 36.2 Å². The van der Waals surface area contributed by atoms with E-state index < -0.39 is 0 Å². The molecule has 0 saturated heterocycles. The topological polar surface area (TPSA) is 39.6 Å². The number of hydrogen-bond donors (Lipinski definition) is 1. The zero-order valence-electron chi connectivity index (χ0n) is 8.88. The molecular formula is C13H14N2. The Morgan fingerprint density at radius 3 is 3.00 bits per heavy atom. The zero-order valence-corrected chi connectivity index (χ0v) is 8.88. The molecule has 0 bridgehead atoms. The normalized spacial score (nSPS) is 10.4. The highest BCUT2D eigenvalue weighted by molar-refractivity contribution is 5.84. The minimum Gasteiger partial charge on any atom is -0.361 e. The lowest BCUT2D eigenvalue weighted by atomic mass is 10.1. The highest BCUT2D eigenvalue weighted by Crippen LogP contribution is 2.20. The molecule has 15 heavy (non-hydrogen) atoms. The summed E-state index contributed by atoms with van der Waals surface area (Å²) in [4.78, 5) is 3.19. The minimum atomic E-state index is 0.482. The van der Waals surface area contributed by atoms with Crippen LogP contribution in [0, 0.1) is 11.3 Å². The fourth-order valence-corrected chi connectivity index (χ4v) is 1.90. The van der Waals surface area contributed by atoms with Gasteiger partial charge in [0.25, 0.3) is 0 Å².